The first kappa shape index (κ1) is 18.7. The second-order valence-electron chi connectivity index (χ2n) is 6.46. The lowest BCUT2D eigenvalue weighted by Gasteiger charge is -2.18. The van der Waals surface area contributed by atoms with Crippen LogP contribution in [0.25, 0.3) is 0 Å². The number of thioether (sulfide) groups is 1. The zero-order valence-corrected chi connectivity index (χ0v) is 15.9. The zero-order chi connectivity index (χ0) is 19.6. The number of primary amides is 1. The zero-order valence-electron chi connectivity index (χ0n) is 15.1. The average Bonchev–Trinajstić information content (AvgIpc) is 2.94. The van der Waals surface area contributed by atoms with E-state index < -0.39 is 11.2 Å². The van der Waals surface area contributed by atoms with Crippen LogP contribution in [0.1, 0.15) is 16.7 Å². The maximum absolute atomic E-state index is 13.1. The molecule has 1 aliphatic heterocycles. The molecule has 5 nitrogen and oxygen atoms in total. The molecule has 0 saturated carbocycles. The van der Waals surface area contributed by atoms with Crippen molar-refractivity contribution in [1.82, 2.24) is 0 Å². The van der Waals surface area contributed by atoms with E-state index in [2.05, 4.69) is 0 Å². The maximum Gasteiger partial charge on any atom is 0.262 e. The molecule has 0 aliphatic carbocycles. The summed E-state index contributed by atoms with van der Waals surface area (Å²) in [4.78, 5) is 26.3. The van der Waals surface area contributed by atoms with E-state index >= 15 is 0 Å². The van der Waals surface area contributed by atoms with Crippen LogP contribution in [0.4, 0.5) is 5.69 Å². The lowest BCUT2D eigenvalue weighted by Crippen LogP contribution is -2.31. The van der Waals surface area contributed by atoms with E-state index in [1.807, 2.05) is 56.3 Å². The van der Waals surface area contributed by atoms with Gasteiger partial charge in [-0.15, -0.1) is 0 Å². The predicted octanol–water partition coefficient (Wildman–Crippen LogP) is 3.22. The van der Waals surface area contributed by atoms with Crippen LogP contribution in [0, 0.1) is 25.2 Å². The quantitative estimate of drug-likeness (QED) is 0.655. The number of rotatable bonds is 4. The summed E-state index contributed by atoms with van der Waals surface area (Å²) < 4.78 is 0. The number of aryl methyl sites for hydroxylation is 2. The number of carbonyl (C=O) groups excluding carboxylic acids is 2. The first-order valence-electron chi connectivity index (χ1n) is 8.47. The summed E-state index contributed by atoms with van der Waals surface area (Å²) in [5, 5.41) is 9.28. The second-order valence-corrected chi connectivity index (χ2v) is 7.65. The van der Waals surface area contributed by atoms with E-state index in [1.54, 1.807) is 12.1 Å². The Morgan fingerprint density at radius 2 is 1.67 bits per heavy atom. The predicted molar refractivity (Wildman–Crippen MR) is 107 cm³/mol. The first-order valence-corrected chi connectivity index (χ1v) is 9.35. The molecule has 0 spiro atoms. The molecule has 6 heteroatoms. The average molecular weight is 377 g/mol. The highest BCUT2D eigenvalue weighted by Crippen LogP contribution is 2.41. The first-order chi connectivity index (χ1) is 12.9. The molecule has 2 aromatic rings. The van der Waals surface area contributed by atoms with Gasteiger partial charge in [0.05, 0.1) is 5.25 Å². The van der Waals surface area contributed by atoms with E-state index in [4.69, 9.17) is 5.73 Å². The molecule has 3 rings (SSSR count). The molecule has 0 aromatic heterocycles. The molecule has 1 fully saturated rings. The van der Waals surface area contributed by atoms with Crippen LogP contribution in [0.2, 0.25) is 0 Å². The normalized spacial score (nSPS) is 18.3. The smallest absolute Gasteiger partial charge is 0.262 e. The van der Waals surface area contributed by atoms with Crippen molar-refractivity contribution in [3.8, 4) is 6.07 Å². The van der Waals surface area contributed by atoms with Crippen LogP contribution >= 0.6 is 11.8 Å². The van der Waals surface area contributed by atoms with Gasteiger partial charge >= 0.3 is 0 Å². The number of hydrogen-bond donors (Lipinski definition) is 1. The monoisotopic (exact) mass is 377 g/mol. The van der Waals surface area contributed by atoms with E-state index in [0.29, 0.717) is 17.1 Å². The summed E-state index contributed by atoms with van der Waals surface area (Å²) in [6.07, 6.45) is 0.507. The Morgan fingerprint density at radius 3 is 2.19 bits per heavy atom. The van der Waals surface area contributed by atoms with Crippen molar-refractivity contribution in [3.05, 3.63) is 75.8 Å². The minimum atomic E-state index is -0.833. The molecule has 0 radical (unpaired) electrons. The number of carbonyl (C=O) groups is 2. The van der Waals surface area contributed by atoms with Crippen LogP contribution in [-0.2, 0) is 16.0 Å². The SMILES string of the molecule is Cc1ccc(CC2S/C(=C(/C#N)C(N)=O)N(c3ccc(C)cc3)C2=O)cc1. The Morgan fingerprint density at radius 1 is 1.11 bits per heavy atom. The molecule has 136 valence electrons. The van der Waals surface area contributed by atoms with Crippen molar-refractivity contribution in [2.45, 2.75) is 25.5 Å². The maximum atomic E-state index is 13.1. The van der Waals surface area contributed by atoms with Gasteiger partial charge in [-0.05, 0) is 38.0 Å². The van der Waals surface area contributed by atoms with Gasteiger partial charge in [-0.1, -0.05) is 59.3 Å². The molecule has 1 atom stereocenters. The highest BCUT2D eigenvalue weighted by molar-refractivity contribution is 8.05. The Bertz CT molecular complexity index is 956. The summed E-state index contributed by atoms with van der Waals surface area (Å²) in [6.45, 7) is 3.96. The van der Waals surface area contributed by atoms with Crippen molar-refractivity contribution in [1.29, 1.82) is 5.26 Å². The molecule has 2 aromatic carbocycles. The largest absolute Gasteiger partial charge is 0.365 e. The van der Waals surface area contributed by atoms with Gasteiger partial charge in [0, 0.05) is 5.69 Å². The fourth-order valence-electron chi connectivity index (χ4n) is 2.87. The number of nitriles is 1. The van der Waals surface area contributed by atoms with E-state index in [-0.39, 0.29) is 11.5 Å². The number of nitrogens with two attached hydrogens (primary N) is 1. The fourth-order valence-corrected chi connectivity index (χ4v) is 4.18. The van der Waals surface area contributed by atoms with E-state index in [1.165, 1.54) is 16.7 Å². The highest BCUT2D eigenvalue weighted by Gasteiger charge is 2.40. The third-order valence-corrected chi connectivity index (χ3v) is 5.62. The van der Waals surface area contributed by atoms with Crippen molar-refractivity contribution < 1.29 is 9.59 Å². The van der Waals surface area contributed by atoms with Crippen molar-refractivity contribution in [2.75, 3.05) is 4.90 Å². The topological polar surface area (TPSA) is 87.2 Å². The summed E-state index contributed by atoms with van der Waals surface area (Å²) in [6, 6.07) is 17.2. The Balaban J connectivity index is 2.01. The van der Waals surface area contributed by atoms with Gasteiger partial charge in [-0.3, -0.25) is 14.5 Å². The third-order valence-electron chi connectivity index (χ3n) is 4.36. The molecule has 1 heterocycles. The third kappa shape index (κ3) is 3.88. The van der Waals surface area contributed by atoms with Crippen LogP contribution in [0.5, 0.6) is 0 Å². The number of nitrogens with zero attached hydrogens (tertiary/aromatic N) is 2. The molecule has 0 bridgehead atoms. The summed E-state index contributed by atoms with van der Waals surface area (Å²) in [7, 11) is 0. The number of hydrogen-bond acceptors (Lipinski definition) is 4. The molecule has 1 aliphatic rings. The van der Waals surface area contributed by atoms with Crippen LogP contribution < -0.4 is 10.6 Å². The van der Waals surface area contributed by atoms with Gasteiger partial charge in [0.1, 0.15) is 16.7 Å². The van der Waals surface area contributed by atoms with Gasteiger partial charge in [-0.25, -0.2) is 0 Å². The Hall–Kier alpha value is -3.04. The molecular formula is C21H19N3O2S. The minimum Gasteiger partial charge on any atom is -0.365 e. The Labute approximate surface area is 162 Å². The van der Waals surface area contributed by atoms with Gasteiger partial charge < -0.3 is 5.73 Å². The van der Waals surface area contributed by atoms with Gasteiger partial charge in [0.25, 0.3) is 5.91 Å². The van der Waals surface area contributed by atoms with Gasteiger partial charge in [0.2, 0.25) is 5.91 Å². The van der Waals surface area contributed by atoms with Crippen LogP contribution in [0.3, 0.4) is 0 Å². The number of anilines is 1. The number of amides is 2. The lowest BCUT2D eigenvalue weighted by molar-refractivity contribution is -0.117. The molecular weight excluding hydrogens is 358 g/mol. The standard InChI is InChI=1S/C21H19N3O2S/c1-13-3-7-15(8-4-13)11-18-20(26)24(16-9-5-14(2)6-10-16)21(27-18)17(12-22)19(23)25/h3-10,18H,11H2,1-2H3,(H2,23,25)/b21-17-. The van der Waals surface area contributed by atoms with E-state index in [0.717, 1.165) is 16.7 Å². The van der Waals surface area contributed by atoms with Crippen molar-refractivity contribution in [2.24, 2.45) is 5.73 Å². The highest BCUT2D eigenvalue weighted by atomic mass is 32.2. The van der Waals surface area contributed by atoms with Gasteiger partial charge in [-0.2, -0.15) is 5.26 Å². The van der Waals surface area contributed by atoms with Crippen LogP contribution in [-0.4, -0.2) is 17.1 Å². The van der Waals surface area contributed by atoms with E-state index in [9.17, 15) is 14.9 Å². The minimum absolute atomic E-state index is 0.159. The second kappa shape index (κ2) is 7.68. The van der Waals surface area contributed by atoms with Gasteiger partial charge in [0.15, 0.2) is 0 Å². The molecule has 2 amide bonds. The molecule has 1 saturated heterocycles. The molecule has 1 unspecified atom stereocenters. The fraction of sp³-hybridized carbons (Fsp3) is 0.190. The lowest BCUT2D eigenvalue weighted by atomic mass is 10.1. The van der Waals surface area contributed by atoms with Crippen LogP contribution in [0.15, 0.2) is 59.1 Å². The molecule has 2 N–H and O–H groups in total. The summed E-state index contributed by atoms with van der Waals surface area (Å²) >= 11 is 1.22. The van der Waals surface area contributed by atoms with Crippen molar-refractivity contribution >= 4 is 29.3 Å². The summed E-state index contributed by atoms with van der Waals surface area (Å²) in [5.74, 6) is -0.991. The molecule has 27 heavy (non-hydrogen) atoms. The number of benzene rings is 2. The van der Waals surface area contributed by atoms with Crippen molar-refractivity contribution in [3.63, 3.8) is 0 Å². The Kier molecular flexibility index (Phi) is 5.33. The summed E-state index contributed by atoms with van der Waals surface area (Å²) in [5.41, 5.74) is 9.02.